The van der Waals surface area contributed by atoms with Gasteiger partial charge in [0.05, 0.1) is 5.56 Å². The summed E-state index contributed by atoms with van der Waals surface area (Å²) in [4.78, 5) is 11.9. The number of halogens is 1. The lowest BCUT2D eigenvalue weighted by Crippen LogP contribution is -2.14. The zero-order valence-corrected chi connectivity index (χ0v) is 10.3. The molecule has 0 atom stereocenters. The Morgan fingerprint density at radius 3 is 2.95 bits per heavy atom. The Morgan fingerprint density at radius 1 is 1.42 bits per heavy atom. The molecule has 19 heavy (non-hydrogen) atoms. The molecule has 1 heterocycles. The summed E-state index contributed by atoms with van der Waals surface area (Å²) in [6.45, 7) is 1.60. The summed E-state index contributed by atoms with van der Waals surface area (Å²) in [6, 6.07) is 4.64. The molecular weight excluding hydrogens is 249 g/mol. The molecule has 98 valence electrons. The van der Waals surface area contributed by atoms with Gasteiger partial charge >= 0.3 is 6.01 Å². The number of aryl methyl sites for hydroxylation is 1. The number of hydrogen-bond acceptors (Lipinski definition) is 4. The minimum atomic E-state index is -0.591. The van der Waals surface area contributed by atoms with E-state index in [0.717, 1.165) is 12.8 Å². The number of aromatic nitrogens is 2. The van der Waals surface area contributed by atoms with Crippen molar-refractivity contribution in [1.29, 1.82) is 0 Å². The first-order chi connectivity index (χ1) is 9.15. The number of nitrogens with zero attached hydrogens (tertiary/aromatic N) is 2. The maximum atomic E-state index is 13.8. The van der Waals surface area contributed by atoms with Crippen LogP contribution in [0.4, 0.5) is 10.4 Å². The number of amides is 1. The van der Waals surface area contributed by atoms with Crippen molar-refractivity contribution >= 4 is 11.9 Å². The predicted molar refractivity (Wildman–Crippen MR) is 65.4 cm³/mol. The van der Waals surface area contributed by atoms with E-state index in [1.54, 1.807) is 19.1 Å². The highest BCUT2D eigenvalue weighted by Gasteiger charge is 2.29. The van der Waals surface area contributed by atoms with E-state index in [4.69, 9.17) is 4.42 Å². The highest BCUT2D eigenvalue weighted by molar-refractivity contribution is 6.03. The summed E-state index contributed by atoms with van der Waals surface area (Å²) >= 11 is 0. The van der Waals surface area contributed by atoms with Crippen molar-refractivity contribution in [3.63, 3.8) is 0 Å². The lowest BCUT2D eigenvalue weighted by molar-refractivity contribution is 0.102. The molecule has 0 radical (unpaired) electrons. The Kier molecular flexibility index (Phi) is 2.77. The first kappa shape index (κ1) is 11.8. The second-order valence-corrected chi connectivity index (χ2v) is 4.61. The summed E-state index contributed by atoms with van der Waals surface area (Å²) in [6.07, 6.45) is 2.06. The van der Waals surface area contributed by atoms with Gasteiger partial charge in [-0.3, -0.25) is 10.1 Å². The summed E-state index contributed by atoms with van der Waals surface area (Å²) in [5, 5.41) is 9.97. The highest BCUT2D eigenvalue weighted by Crippen LogP contribution is 2.39. The van der Waals surface area contributed by atoms with Crippen LogP contribution < -0.4 is 5.32 Å². The maximum absolute atomic E-state index is 13.8. The molecule has 0 spiro atoms. The molecule has 6 heteroatoms. The van der Waals surface area contributed by atoms with Gasteiger partial charge in [0, 0.05) is 5.92 Å². The van der Waals surface area contributed by atoms with Crippen LogP contribution in [0.15, 0.2) is 22.6 Å². The molecule has 1 N–H and O–H groups in total. The van der Waals surface area contributed by atoms with Crippen molar-refractivity contribution in [1.82, 2.24) is 10.2 Å². The van der Waals surface area contributed by atoms with Gasteiger partial charge in [0.1, 0.15) is 5.82 Å². The molecule has 0 aliphatic heterocycles. The minimum Gasteiger partial charge on any atom is -0.408 e. The molecule has 1 amide bonds. The second kappa shape index (κ2) is 4.46. The van der Waals surface area contributed by atoms with E-state index in [1.807, 2.05) is 0 Å². The average Bonchev–Trinajstić information content (AvgIpc) is 3.14. The molecule has 0 bridgehead atoms. The van der Waals surface area contributed by atoms with Crippen molar-refractivity contribution in [3.8, 4) is 0 Å². The Balaban J connectivity index is 1.78. The van der Waals surface area contributed by atoms with Crippen molar-refractivity contribution < 1.29 is 13.6 Å². The average molecular weight is 261 g/mol. The minimum absolute atomic E-state index is 0.00723. The van der Waals surface area contributed by atoms with Crippen molar-refractivity contribution in [2.75, 3.05) is 5.32 Å². The molecule has 1 aromatic carbocycles. The third-order valence-electron chi connectivity index (χ3n) is 3.02. The van der Waals surface area contributed by atoms with Gasteiger partial charge in [-0.1, -0.05) is 17.2 Å². The van der Waals surface area contributed by atoms with Crippen LogP contribution in [0.25, 0.3) is 0 Å². The number of carbonyl (C=O) groups is 1. The fraction of sp³-hybridized carbons (Fsp3) is 0.308. The van der Waals surface area contributed by atoms with E-state index in [-0.39, 0.29) is 11.6 Å². The number of carbonyl (C=O) groups excluding carboxylic acids is 1. The van der Waals surface area contributed by atoms with Crippen LogP contribution in [-0.4, -0.2) is 16.1 Å². The molecule has 0 unspecified atom stereocenters. The second-order valence-electron chi connectivity index (χ2n) is 4.61. The fourth-order valence-electron chi connectivity index (χ4n) is 1.77. The van der Waals surface area contributed by atoms with Gasteiger partial charge in [-0.15, -0.1) is 5.10 Å². The largest absolute Gasteiger partial charge is 0.408 e. The monoisotopic (exact) mass is 261 g/mol. The van der Waals surface area contributed by atoms with Crippen LogP contribution in [0.5, 0.6) is 0 Å². The Hall–Kier alpha value is -2.24. The number of rotatable bonds is 3. The van der Waals surface area contributed by atoms with Crippen LogP contribution in [0.2, 0.25) is 0 Å². The fourth-order valence-corrected chi connectivity index (χ4v) is 1.77. The molecule has 1 saturated carbocycles. The normalized spacial score (nSPS) is 14.4. The third kappa shape index (κ3) is 2.33. The van der Waals surface area contributed by atoms with E-state index in [1.165, 1.54) is 6.07 Å². The van der Waals surface area contributed by atoms with Crippen LogP contribution in [0.3, 0.4) is 0 Å². The van der Waals surface area contributed by atoms with Gasteiger partial charge in [-0.2, -0.15) is 0 Å². The molecule has 5 nitrogen and oxygen atoms in total. The standard InChI is InChI=1S/C13H12FN3O2/c1-7-3-2-4-9(10(7)14)11(18)15-13-17-16-12(19-13)8-5-6-8/h2-4,8H,5-6H2,1H3,(H,15,17,18). The van der Waals surface area contributed by atoms with Gasteiger partial charge in [-0.05, 0) is 31.4 Å². The van der Waals surface area contributed by atoms with E-state index >= 15 is 0 Å². The zero-order chi connectivity index (χ0) is 13.4. The first-order valence-corrected chi connectivity index (χ1v) is 6.05. The molecule has 1 fully saturated rings. The summed E-state index contributed by atoms with van der Waals surface area (Å²) in [5.74, 6) is -0.289. The predicted octanol–water partition coefficient (Wildman–Crippen LogP) is 2.65. The quantitative estimate of drug-likeness (QED) is 0.922. The van der Waals surface area contributed by atoms with E-state index < -0.39 is 11.7 Å². The summed E-state index contributed by atoms with van der Waals surface area (Å²) in [7, 11) is 0. The zero-order valence-electron chi connectivity index (χ0n) is 10.3. The lowest BCUT2D eigenvalue weighted by atomic mass is 10.1. The van der Waals surface area contributed by atoms with Crippen LogP contribution >= 0.6 is 0 Å². The highest BCUT2D eigenvalue weighted by atomic mass is 19.1. The number of hydrogen-bond donors (Lipinski definition) is 1. The molecule has 1 aliphatic carbocycles. The van der Waals surface area contributed by atoms with Crippen molar-refractivity contribution in [2.24, 2.45) is 0 Å². The van der Waals surface area contributed by atoms with Gasteiger partial charge in [0.15, 0.2) is 0 Å². The van der Waals surface area contributed by atoms with E-state index in [9.17, 15) is 9.18 Å². The number of benzene rings is 1. The van der Waals surface area contributed by atoms with Crippen molar-refractivity contribution in [2.45, 2.75) is 25.7 Å². The van der Waals surface area contributed by atoms with E-state index in [0.29, 0.717) is 17.4 Å². The first-order valence-electron chi connectivity index (χ1n) is 6.05. The van der Waals surface area contributed by atoms with Crippen LogP contribution in [0, 0.1) is 12.7 Å². The summed E-state index contributed by atoms with van der Waals surface area (Å²) in [5.41, 5.74) is 0.378. The third-order valence-corrected chi connectivity index (χ3v) is 3.02. The molecule has 1 aliphatic rings. The van der Waals surface area contributed by atoms with Crippen LogP contribution in [0.1, 0.15) is 40.6 Å². The Morgan fingerprint density at radius 2 is 2.21 bits per heavy atom. The molecule has 0 saturated heterocycles. The molecule has 1 aromatic heterocycles. The molecule has 3 rings (SSSR count). The number of nitrogens with one attached hydrogen (secondary N) is 1. The Labute approximate surface area is 108 Å². The van der Waals surface area contributed by atoms with Gasteiger partial charge in [-0.25, -0.2) is 4.39 Å². The van der Waals surface area contributed by atoms with Crippen LogP contribution in [-0.2, 0) is 0 Å². The topological polar surface area (TPSA) is 68.0 Å². The SMILES string of the molecule is Cc1cccc(C(=O)Nc2nnc(C3CC3)o2)c1F. The molecular formula is C13H12FN3O2. The number of anilines is 1. The van der Waals surface area contributed by atoms with Gasteiger partial charge in [0.25, 0.3) is 5.91 Å². The van der Waals surface area contributed by atoms with Gasteiger partial charge in [0.2, 0.25) is 5.89 Å². The van der Waals surface area contributed by atoms with Crippen molar-refractivity contribution in [3.05, 3.63) is 41.0 Å². The summed E-state index contributed by atoms with van der Waals surface area (Å²) < 4.78 is 19.1. The smallest absolute Gasteiger partial charge is 0.322 e. The van der Waals surface area contributed by atoms with Gasteiger partial charge < -0.3 is 4.42 Å². The maximum Gasteiger partial charge on any atom is 0.322 e. The van der Waals surface area contributed by atoms with E-state index in [2.05, 4.69) is 15.5 Å². The Bertz CT molecular complexity index is 635. The molecule has 2 aromatic rings. The lowest BCUT2D eigenvalue weighted by Gasteiger charge is -2.03.